The summed E-state index contributed by atoms with van der Waals surface area (Å²) >= 11 is 0. The number of carbonyl (C=O) groups is 1. The molecule has 6 nitrogen and oxygen atoms in total. The molecule has 37 heavy (non-hydrogen) atoms. The fourth-order valence-electron chi connectivity index (χ4n) is 5.12. The van der Waals surface area contributed by atoms with Crippen molar-refractivity contribution in [1.29, 1.82) is 0 Å². The van der Waals surface area contributed by atoms with Crippen LogP contribution >= 0.6 is 0 Å². The molecule has 1 fully saturated rings. The molecule has 0 aliphatic heterocycles. The predicted molar refractivity (Wildman–Crippen MR) is 139 cm³/mol. The quantitative estimate of drug-likeness (QED) is 0.401. The maximum absolute atomic E-state index is 12.8. The minimum absolute atomic E-state index is 0.0872. The smallest absolute Gasteiger partial charge is 0.362 e. The van der Waals surface area contributed by atoms with Crippen molar-refractivity contribution in [3.63, 3.8) is 0 Å². The highest BCUT2D eigenvalue weighted by Gasteiger charge is 2.33. The Morgan fingerprint density at radius 1 is 1.00 bits per heavy atom. The van der Waals surface area contributed by atoms with Gasteiger partial charge in [0.05, 0.1) is 16.8 Å². The molecular formula is C28H34F3N5O. The van der Waals surface area contributed by atoms with Crippen molar-refractivity contribution in [3.8, 4) is 0 Å². The van der Waals surface area contributed by atoms with Crippen LogP contribution in [-0.4, -0.2) is 41.5 Å². The van der Waals surface area contributed by atoms with E-state index < -0.39 is 11.9 Å². The number of pyridine rings is 1. The van der Waals surface area contributed by atoms with E-state index in [0.29, 0.717) is 18.4 Å². The van der Waals surface area contributed by atoms with Crippen LogP contribution in [0.15, 0.2) is 36.4 Å². The third kappa shape index (κ3) is 6.76. The van der Waals surface area contributed by atoms with Crippen molar-refractivity contribution in [2.45, 2.75) is 58.0 Å². The molecule has 1 aliphatic rings. The van der Waals surface area contributed by atoms with Crippen LogP contribution in [0.25, 0.3) is 10.9 Å². The molecule has 1 N–H and O–H groups in total. The minimum atomic E-state index is -4.52. The van der Waals surface area contributed by atoms with Gasteiger partial charge in [-0.1, -0.05) is 31.4 Å². The Labute approximate surface area is 215 Å². The number of nitrogens with zero attached hydrogens (tertiary/aromatic N) is 4. The minimum Gasteiger partial charge on any atom is -0.362 e. The first-order valence-electron chi connectivity index (χ1n) is 12.9. The summed E-state index contributed by atoms with van der Waals surface area (Å²) in [4.78, 5) is 27.7. The highest BCUT2D eigenvalue weighted by atomic mass is 19.4. The van der Waals surface area contributed by atoms with E-state index in [1.807, 2.05) is 37.2 Å². The molecule has 198 valence electrons. The normalized spacial score (nSPS) is 18.1. The number of benzene rings is 1. The van der Waals surface area contributed by atoms with Crippen molar-refractivity contribution in [2.75, 3.05) is 25.5 Å². The van der Waals surface area contributed by atoms with E-state index in [2.05, 4.69) is 16.4 Å². The Morgan fingerprint density at radius 3 is 2.38 bits per heavy atom. The number of rotatable bonds is 8. The van der Waals surface area contributed by atoms with Crippen LogP contribution in [0.1, 0.15) is 66.1 Å². The van der Waals surface area contributed by atoms with E-state index in [4.69, 9.17) is 9.97 Å². The number of fused-ring (bicyclic) bond motifs is 1. The number of alkyl halides is 3. The number of carbonyl (C=O) groups excluding carboxylic acids is 1. The van der Waals surface area contributed by atoms with Gasteiger partial charge in [-0.3, -0.25) is 4.79 Å². The SMILES string of the molecule is Cc1nc(C(F)(F)F)ccc1C(=O)NCC1CCC(CCCc2nc(N(C)C)c3ccccc3n2)CC1. The summed E-state index contributed by atoms with van der Waals surface area (Å²) < 4.78 is 38.5. The van der Waals surface area contributed by atoms with Crippen molar-refractivity contribution >= 4 is 22.6 Å². The fraction of sp³-hybridized carbons (Fsp3) is 0.500. The monoisotopic (exact) mass is 513 g/mol. The molecule has 1 aromatic carbocycles. The van der Waals surface area contributed by atoms with Gasteiger partial charge in [-0.15, -0.1) is 0 Å². The van der Waals surface area contributed by atoms with Crippen LogP contribution in [0.3, 0.4) is 0 Å². The van der Waals surface area contributed by atoms with Crippen LogP contribution in [-0.2, 0) is 12.6 Å². The lowest BCUT2D eigenvalue weighted by molar-refractivity contribution is -0.141. The molecule has 0 atom stereocenters. The zero-order valence-corrected chi connectivity index (χ0v) is 21.6. The summed E-state index contributed by atoms with van der Waals surface area (Å²) in [6, 6.07) is 10.2. The molecule has 0 saturated heterocycles. The highest BCUT2D eigenvalue weighted by molar-refractivity contribution is 5.95. The topological polar surface area (TPSA) is 71.0 Å². The largest absolute Gasteiger partial charge is 0.433 e. The molecule has 1 aliphatic carbocycles. The molecule has 9 heteroatoms. The van der Waals surface area contributed by atoms with Gasteiger partial charge in [0, 0.05) is 32.4 Å². The summed E-state index contributed by atoms with van der Waals surface area (Å²) in [7, 11) is 4.00. The number of halogens is 3. The number of amides is 1. The van der Waals surface area contributed by atoms with E-state index in [1.165, 1.54) is 13.0 Å². The standard InChI is InChI=1S/C28H34F3N5O/c1-18-21(15-16-24(33-18)28(29,30)31)27(37)32-17-20-13-11-19(12-14-20)7-6-10-25-34-23-9-5-4-8-22(23)26(35-25)36(2)3/h4-5,8-9,15-16,19-20H,6-7,10-14,17H2,1-3H3,(H,32,37). The second-order valence-corrected chi connectivity index (χ2v) is 10.2. The lowest BCUT2D eigenvalue weighted by Crippen LogP contribution is -2.32. The molecule has 0 unspecified atom stereocenters. The molecule has 0 radical (unpaired) electrons. The maximum atomic E-state index is 12.8. The second kappa shape index (κ2) is 11.4. The van der Waals surface area contributed by atoms with Crippen LogP contribution in [0.2, 0.25) is 0 Å². The van der Waals surface area contributed by atoms with Crippen molar-refractivity contribution in [2.24, 2.45) is 11.8 Å². The zero-order chi connectivity index (χ0) is 26.6. The number of hydrogen-bond donors (Lipinski definition) is 1. The van der Waals surface area contributed by atoms with Crippen LogP contribution < -0.4 is 10.2 Å². The zero-order valence-electron chi connectivity index (χ0n) is 21.6. The Morgan fingerprint density at radius 2 is 1.70 bits per heavy atom. The molecule has 3 aromatic rings. The Kier molecular flexibility index (Phi) is 8.29. The fourth-order valence-corrected chi connectivity index (χ4v) is 5.12. The van der Waals surface area contributed by atoms with E-state index >= 15 is 0 Å². The van der Waals surface area contributed by atoms with Gasteiger partial charge >= 0.3 is 6.18 Å². The lowest BCUT2D eigenvalue weighted by Gasteiger charge is -2.28. The van der Waals surface area contributed by atoms with E-state index in [-0.39, 0.29) is 17.2 Å². The Bertz CT molecular complexity index is 1240. The van der Waals surface area contributed by atoms with Gasteiger partial charge in [0.1, 0.15) is 17.3 Å². The van der Waals surface area contributed by atoms with Crippen molar-refractivity contribution in [1.82, 2.24) is 20.3 Å². The molecule has 1 amide bonds. The van der Waals surface area contributed by atoms with Crippen LogP contribution in [0.5, 0.6) is 0 Å². The van der Waals surface area contributed by atoms with Crippen molar-refractivity contribution < 1.29 is 18.0 Å². The van der Waals surface area contributed by atoms with Gasteiger partial charge in [-0.25, -0.2) is 15.0 Å². The Hall–Kier alpha value is -3.23. The van der Waals surface area contributed by atoms with Crippen molar-refractivity contribution in [3.05, 3.63) is 59.2 Å². The first-order chi connectivity index (χ1) is 17.6. The summed E-state index contributed by atoms with van der Waals surface area (Å²) in [6.45, 7) is 1.96. The molecule has 2 aromatic heterocycles. The highest BCUT2D eigenvalue weighted by Crippen LogP contribution is 2.32. The second-order valence-electron chi connectivity index (χ2n) is 10.2. The molecule has 1 saturated carbocycles. The average Bonchev–Trinajstić information content (AvgIpc) is 2.87. The molecular weight excluding hydrogens is 479 g/mol. The maximum Gasteiger partial charge on any atom is 0.433 e. The third-order valence-electron chi connectivity index (χ3n) is 7.20. The van der Waals surface area contributed by atoms with Gasteiger partial charge in [-0.2, -0.15) is 13.2 Å². The van der Waals surface area contributed by atoms with E-state index in [0.717, 1.165) is 73.6 Å². The van der Waals surface area contributed by atoms with Gasteiger partial charge in [0.15, 0.2) is 0 Å². The summed E-state index contributed by atoms with van der Waals surface area (Å²) in [5.74, 6) is 2.50. The summed E-state index contributed by atoms with van der Waals surface area (Å²) in [6.07, 6.45) is 2.80. The number of anilines is 1. The summed E-state index contributed by atoms with van der Waals surface area (Å²) in [5.41, 5.74) is 0.269. The Balaban J connectivity index is 1.22. The molecule has 0 bridgehead atoms. The first kappa shape index (κ1) is 26.8. The van der Waals surface area contributed by atoms with Gasteiger partial charge in [-0.05, 0) is 62.3 Å². The van der Waals surface area contributed by atoms with Gasteiger partial charge < -0.3 is 10.2 Å². The van der Waals surface area contributed by atoms with E-state index in [9.17, 15) is 18.0 Å². The van der Waals surface area contributed by atoms with Crippen LogP contribution in [0, 0.1) is 18.8 Å². The van der Waals surface area contributed by atoms with Gasteiger partial charge in [0.25, 0.3) is 5.91 Å². The number of aryl methyl sites for hydroxylation is 2. The number of para-hydroxylation sites is 1. The molecule has 4 rings (SSSR count). The van der Waals surface area contributed by atoms with E-state index in [1.54, 1.807) is 0 Å². The molecule has 0 spiro atoms. The number of aromatic nitrogens is 3. The average molecular weight is 514 g/mol. The predicted octanol–water partition coefficient (Wildman–Crippen LogP) is 5.98. The first-order valence-corrected chi connectivity index (χ1v) is 12.9. The summed E-state index contributed by atoms with van der Waals surface area (Å²) in [5, 5.41) is 3.96. The lowest BCUT2D eigenvalue weighted by atomic mass is 9.80. The number of nitrogens with one attached hydrogen (secondary N) is 1. The van der Waals surface area contributed by atoms with Gasteiger partial charge in [0.2, 0.25) is 0 Å². The number of hydrogen-bond acceptors (Lipinski definition) is 5. The third-order valence-corrected chi connectivity index (χ3v) is 7.20. The van der Waals surface area contributed by atoms with Crippen LogP contribution in [0.4, 0.5) is 19.0 Å². The molecule has 2 heterocycles.